The van der Waals surface area contributed by atoms with Crippen molar-refractivity contribution in [2.75, 3.05) is 18.9 Å². The van der Waals surface area contributed by atoms with Crippen molar-refractivity contribution in [3.8, 4) is 11.5 Å². The molecular weight excluding hydrogens is 416 g/mol. The Morgan fingerprint density at radius 1 is 0.871 bits per heavy atom. The predicted octanol–water partition coefficient (Wildman–Crippen LogP) is 4.00. The number of hydrogen-bond acceptors (Lipinski definition) is 5. The number of carbonyl (C=O) groups excluding carboxylic acids is 1. The number of anilines is 1. The van der Waals surface area contributed by atoms with Crippen LogP contribution in [0.3, 0.4) is 0 Å². The van der Waals surface area contributed by atoms with Crippen LogP contribution in [0.25, 0.3) is 0 Å². The highest BCUT2D eigenvalue weighted by atomic mass is 32.2. The van der Waals surface area contributed by atoms with E-state index < -0.39 is 15.9 Å². The Bertz CT molecular complexity index is 1160. The lowest BCUT2D eigenvalue weighted by atomic mass is 10.1. The summed E-state index contributed by atoms with van der Waals surface area (Å²) >= 11 is 0. The predicted molar refractivity (Wildman–Crippen MR) is 119 cm³/mol. The molecule has 8 heteroatoms. The first-order chi connectivity index (χ1) is 14.9. The fourth-order valence-electron chi connectivity index (χ4n) is 3.05. The maximum Gasteiger partial charge on any atom is 0.261 e. The van der Waals surface area contributed by atoms with Gasteiger partial charge in [-0.1, -0.05) is 36.4 Å². The first-order valence-electron chi connectivity index (χ1n) is 9.55. The van der Waals surface area contributed by atoms with E-state index in [1.165, 1.54) is 12.1 Å². The summed E-state index contributed by atoms with van der Waals surface area (Å²) in [4.78, 5) is 13.1. The molecule has 0 spiro atoms. The minimum atomic E-state index is -3.83. The summed E-state index contributed by atoms with van der Waals surface area (Å²) in [5.74, 6) is 0.733. The summed E-state index contributed by atoms with van der Waals surface area (Å²) in [5.41, 5.74) is 1.23. The lowest BCUT2D eigenvalue weighted by molar-refractivity contribution is 0.0940. The van der Waals surface area contributed by atoms with E-state index in [1.807, 2.05) is 13.0 Å². The van der Waals surface area contributed by atoms with Crippen molar-refractivity contribution in [1.82, 2.24) is 5.32 Å². The van der Waals surface area contributed by atoms with Gasteiger partial charge in [0.2, 0.25) is 0 Å². The number of para-hydroxylation sites is 1. The second-order valence-electron chi connectivity index (χ2n) is 6.77. The largest absolute Gasteiger partial charge is 0.493 e. The standard InChI is InChI=1S/C23H24N2O5S/c1-16(17-13-14-21(29-2)22(15-17)30-3)24-23(26)19-11-7-8-12-20(19)25-31(27,28)18-9-5-4-6-10-18/h4-16,25H,1-3H3,(H,24,26)/t16-/m0/s1. The highest BCUT2D eigenvalue weighted by molar-refractivity contribution is 7.92. The minimum absolute atomic E-state index is 0.115. The summed E-state index contributed by atoms with van der Waals surface area (Å²) in [6.45, 7) is 1.83. The summed E-state index contributed by atoms with van der Waals surface area (Å²) in [5, 5.41) is 2.90. The maximum absolute atomic E-state index is 12.9. The normalized spacial score (nSPS) is 12.0. The summed E-state index contributed by atoms with van der Waals surface area (Å²) in [6, 6.07) is 19.5. The Morgan fingerprint density at radius 3 is 2.19 bits per heavy atom. The van der Waals surface area contributed by atoms with Crippen LogP contribution in [0.1, 0.15) is 28.9 Å². The van der Waals surface area contributed by atoms with Gasteiger partial charge in [-0.2, -0.15) is 0 Å². The lowest BCUT2D eigenvalue weighted by Crippen LogP contribution is -2.28. The van der Waals surface area contributed by atoms with E-state index in [9.17, 15) is 13.2 Å². The molecule has 0 bridgehead atoms. The molecule has 0 heterocycles. The molecule has 7 nitrogen and oxygen atoms in total. The number of hydrogen-bond donors (Lipinski definition) is 2. The fourth-order valence-corrected chi connectivity index (χ4v) is 4.15. The van der Waals surface area contributed by atoms with Crippen molar-refractivity contribution in [2.45, 2.75) is 17.9 Å². The number of benzene rings is 3. The average molecular weight is 441 g/mol. The molecule has 31 heavy (non-hydrogen) atoms. The van der Waals surface area contributed by atoms with Gasteiger partial charge in [-0.3, -0.25) is 9.52 Å². The van der Waals surface area contributed by atoms with Gasteiger partial charge in [0.05, 0.1) is 36.4 Å². The smallest absolute Gasteiger partial charge is 0.261 e. The number of rotatable bonds is 8. The number of sulfonamides is 1. The molecule has 3 aromatic carbocycles. The van der Waals surface area contributed by atoms with E-state index >= 15 is 0 Å². The Morgan fingerprint density at radius 2 is 1.52 bits per heavy atom. The van der Waals surface area contributed by atoms with E-state index in [0.717, 1.165) is 5.56 Å². The third kappa shape index (κ3) is 5.16. The summed E-state index contributed by atoms with van der Waals surface area (Å²) < 4.78 is 38.4. The Kier molecular flexibility index (Phi) is 6.81. The molecule has 3 aromatic rings. The highest BCUT2D eigenvalue weighted by Gasteiger charge is 2.20. The summed E-state index contributed by atoms with van der Waals surface area (Å²) in [7, 11) is -0.734. The van der Waals surface area contributed by atoms with Crippen molar-refractivity contribution in [1.29, 1.82) is 0 Å². The Balaban J connectivity index is 1.82. The van der Waals surface area contributed by atoms with Gasteiger partial charge < -0.3 is 14.8 Å². The molecule has 162 valence electrons. The van der Waals surface area contributed by atoms with Gasteiger partial charge in [0.15, 0.2) is 11.5 Å². The molecule has 2 N–H and O–H groups in total. The molecular formula is C23H24N2O5S. The number of carbonyl (C=O) groups is 1. The van der Waals surface area contributed by atoms with Gasteiger partial charge in [0.1, 0.15) is 0 Å². The number of methoxy groups -OCH3 is 2. The van der Waals surface area contributed by atoms with Crippen LogP contribution in [0, 0.1) is 0 Å². The zero-order valence-electron chi connectivity index (χ0n) is 17.5. The highest BCUT2D eigenvalue weighted by Crippen LogP contribution is 2.30. The van der Waals surface area contributed by atoms with E-state index in [2.05, 4.69) is 10.0 Å². The van der Waals surface area contributed by atoms with Gasteiger partial charge in [0, 0.05) is 0 Å². The monoisotopic (exact) mass is 440 g/mol. The number of ether oxygens (including phenoxy) is 2. The molecule has 1 atom stereocenters. The topological polar surface area (TPSA) is 93.7 Å². The van der Waals surface area contributed by atoms with Crippen molar-refractivity contribution < 1.29 is 22.7 Å². The first kappa shape index (κ1) is 22.2. The third-order valence-electron chi connectivity index (χ3n) is 4.72. The molecule has 0 unspecified atom stereocenters. The van der Waals surface area contributed by atoms with Gasteiger partial charge in [-0.05, 0) is 48.9 Å². The molecule has 0 radical (unpaired) electrons. The van der Waals surface area contributed by atoms with Crippen LogP contribution >= 0.6 is 0 Å². The first-order valence-corrected chi connectivity index (χ1v) is 11.0. The number of amides is 1. The Labute approximate surface area is 182 Å². The molecule has 0 saturated carbocycles. The quantitative estimate of drug-likeness (QED) is 0.552. The van der Waals surface area contributed by atoms with Crippen molar-refractivity contribution in [3.63, 3.8) is 0 Å². The second-order valence-corrected chi connectivity index (χ2v) is 8.46. The van der Waals surface area contributed by atoms with E-state index in [-0.39, 0.29) is 22.2 Å². The average Bonchev–Trinajstić information content (AvgIpc) is 2.79. The van der Waals surface area contributed by atoms with Crippen molar-refractivity contribution in [3.05, 3.63) is 83.9 Å². The zero-order chi connectivity index (χ0) is 22.4. The fraction of sp³-hybridized carbons (Fsp3) is 0.174. The van der Waals surface area contributed by atoms with Gasteiger partial charge >= 0.3 is 0 Å². The van der Waals surface area contributed by atoms with Crippen LogP contribution < -0.4 is 19.5 Å². The Hall–Kier alpha value is -3.52. The van der Waals surface area contributed by atoms with Crippen LogP contribution in [0.15, 0.2) is 77.7 Å². The van der Waals surface area contributed by atoms with Crippen LogP contribution in [0.5, 0.6) is 11.5 Å². The molecule has 0 aliphatic rings. The molecule has 1 amide bonds. The van der Waals surface area contributed by atoms with Crippen molar-refractivity contribution in [2.24, 2.45) is 0 Å². The van der Waals surface area contributed by atoms with Gasteiger partial charge in [-0.25, -0.2) is 8.42 Å². The minimum Gasteiger partial charge on any atom is -0.493 e. The van der Waals surface area contributed by atoms with Crippen LogP contribution in [-0.4, -0.2) is 28.5 Å². The number of nitrogens with one attached hydrogen (secondary N) is 2. The van der Waals surface area contributed by atoms with Crippen molar-refractivity contribution >= 4 is 21.6 Å². The van der Waals surface area contributed by atoms with Crippen LogP contribution in [0.4, 0.5) is 5.69 Å². The second kappa shape index (κ2) is 9.53. The molecule has 3 rings (SSSR count). The van der Waals surface area contributed by atoms with Gasteiger partial charge in [0.25, 0.3) is 15.9 Å². The maximum atomic E-state index is 12.9. The van der Waals surface area contributed by atoms with E-state index in [4.69, 9.17) is 9.47 Å². The SMILES string of the molecule is COc1ccc([C@H](C)NC(=O)c2ccccc2NS(=O)(=O)c2ccccc2)cc1OC. The van der Waals surface area contributed by atoms with Crippen LogP contribution in [-0.2, 0) is 10.0 Å². The zero-order valence-corrected chi connectivity index (χ0v) is 18.3. The van der Waals surface area contributed by atoms with E-state index in [1.54, 1.807) is 68.8 Å². The molecule has 0 saturated heterocycles. The van der Waals surface area contributed by atoms with E-state index in [0.29, 0.717) is 11.5 Å². The molecule has 0 aliphatic heterocycles. The van der Waals surface area contributed by atoms with Gasteiger partial charge in [-0.15, -0.1) is 0 Å². The van der Waals surface area contributed by atoms with Crippen LogP contribution in [0.2, 0.25) is 0 Å². The summed E-state index contributed by atoms with van der Waals surface area (Å²) in [6.07, 6.45) is 0. The lowest BCUT2D eigenvalue weighted by Gasteiger charge is -2.18. The molecule has 0 aromatic heterocycles. The molecule has 0 aliphatic carbocycles. The molecule has 0 fully saturated rings. The third-order valence-corrected chi connectivity index (χ3v) is 6.11.